The van der Waals surface area contributed by atoms with E-state index in [1.165, 1.54) is 6.26 Å². The van der Waals surface area contributed by atoms with E-state index in [4.69, 9.17) is 0 Å². The number of benzene rings is 2. The molecule has 2 fully saturated rings. The van der Waals surface area contributed by atoms with Gasteiger partial charge >= 0.3 is 0 Å². The molecule has 172 valence electrons. The first-order valence-corrected chi connectivity index (χ1v) is 13.1. The van der Waals surface area contributed by atoms with Crippen LogP contribution in [0.3, 0.4) is 0 Å². The summed E-state index contributed by atoms with van der Waals surface area (Å²) in [4.78, 5) is 29.3. The number of hydrogen-bond donors (Lipinski definition) is 0. The molecule has 0 unspecified atom stereocenters. The SMILES string of the molecule is CS(=O)(=O)c1ccc(CC(=O)N2CCC3(CCN(C(=O)C#Cc4ccccc4)CC3)C2)cc1. The average molecular weight is 465 g/mol. The Bertz CT molecular complexity index is 1190. The second kappa shape index (κ2) is 9.40. The average Bonchev–Trinajstić information content (AvgIpc) is 3.22. The molecule has 0 radical (unpaired) electrons. The number of piperidine rings is 1. The van der Waals surface area contributed by atoms with Crippen LogP contribution in [0.5, 0.6) is 0 Å². The predicted molar refractivity (Wildman–Crippen MR) is 126 cm³/mol. The lowest BCUT2D eigenvalue weighted by atomic mass is 9.78. The Labute approximate surface area is 195 Å². The molecule has 2 aliphatic heterocycles. The van der Waals surface area contributed by atoms with Crippen molar-refractivity contribution in [2.75, 3.05) is 32.4 Å². The molecule has 2 heterocycles. The van der Waals surface area contributed by atoms with Gasteiger partial charge in [0.2, 0.25) is 5.91 Å². The van der Waals surface area contributed by atoms with Crippen LogP contribution in [0.2, 0.25) is 0 Å². The molecule has 1 spiro atoms. The van der Waals surface area contributed by atoms with Gasteiger partial charge in [0.25, 0.3) is 5.91 Å². The van der Waals surface area contributed by atoms with E-state index in [0.29, 0.717) is 19.6 Å². The summed E-state index contributed by atoms with van der Waals surface area (Å²) in [5, 5.41) is 0. The zero-order chi connectivity index (χ0) is 23.5. The number of hydrogen-bond acceptors (Lipinski definition) is 4. The van der Waals surface area contributed by atoms with Crippen LogP contribution in [0.15, 0.2) is 59.5 Å². The second-order valence-corrected chi connectivity index (χ2v) is 11.1. The number of amides is 2. The highest BCUT2D eigenvalue weighted by Gasteiger charge is 2.42. The Morgan fingerprint density at radius 2 is 1.52 bits per heavy atom. The Kier molecular flexibility index (Phi) is 6.57. The van der Waals surface area contributed by atoms with Gasteiger partial charge < -0.3 is 9.80 Å². The van der Waals surface area contributed by atoms with Crippen molar-refractivity contribution < 1.29 is 18.0 Å². The summed E-state index contributed by atoms with van der Waals surface area (Å²) in [6.45, 7) is 2.77. The quantitative estimate of drug-likeness (QED) is 0.655. The van der Waals surface area contributed by atoms with Gasteiger partial charge in [0.15, 0.2) is 9.84 Å². The third-order valence-corrected chi connectivity index (χ3v) is 7.83. The number of likely N-dealkylation sites (tertiary alicyclic amines) is 2. The van der Waals surface area contributed by atoms with Crippen molar-refractivity contribution in [3.63, 3.8) is 0 Å². The summed E-state index contributed by atoms with van der Waals surface area (Å²) < 4.78 is 23.2. The normalized spacial score (nSPS) is 17.5. The molecular weight excluding hydrogens is 436 g/mol. The van der Waals surface area contributed by atoms with Crippen molar-refractivity contribution in [2.24, 2.45) is 5.41 Å². The van der Waals surface area contributed by atoms with Gasteiger partial charge in [0, 0.05) is 43.9 Å². The van der Waals surface area contributed by atoms with E-state index in [1.54, 1.807) is 24.3 Å². The van der Waals surface area contributed by atoms with Gasteiger partial charge in [0.05, 0.1) is 11.3 Å². The van der Waals surface area contributed by atoms with E-state index in [2.05, 4.69) is 11.8 Å². The maximum atomic E-state index is 12.8. The zero-order valence-corrected chi connectivity index (χ0v) is 19.6. The fraction of sp³-hybridized carbons (Fsp3) is 0.385. The Hall–Kier alpha value is -3.11. The molecule has 2 aromatic carbocycles. The van der Waals surface area contributed by atoms with Crippen molar-refractivity contribution in [2.45, 2.75) is 30.6 Å². The molecule has 33 heavy (non-hydrogen) atoms. The largest absolute Gasteiger partial charge is 0.342 e. The van der Waals surface area contributed by atoms with Crippen LogP contribution in [-0.4, -0.2) is 62.5 Å². The molecule has 0 aliphatic carbocycles. The highest BCUT2D eigenvalue weighted by Crippen LogP contribution is 2.40. The Morgan fingerprint density at radius 3 is 2.12 bits per heavy atom. The van der Waals surface area contributed by atoms with Crippen LogP contribution in [0.25, 0.3) is 0 Å². The van der Waals surface area contributed by atoms with Crippen molar-refractivity contribution in [3.05, 3.63) is 65.7 Å². The van der Waals surface area contributed by atoms with Gasteiger partial charge in [0.1, 0.15) is 0 Å². The predicted octanol–water partition coefficient (Wildman–Crippen LogP) is 2.53. The lowest BCUT2D eigenvalue weighted by Crippen LogP contribution is -2.44. The molecule has 2 amide bonds. The molecule has 7 heteroatoms. The van der Waals surface area contributed by atoms with Crippen LogP contribution < -0.4 is 0 Å². The molecule has 6 nitrogen and oxygen atoms in total. The minimum Gasteiger partial charge on any atom is -0.342 e. The van der Waals surface area contributed by atoms with Crippen LogP contribution in [-0.2, 0) is 25.8 Å². The molecule has 0 N–H and O–H groups in total. The van der Waals surface area contributed by atoms with E-state index in [9.17, 15) is 18.0 Å². The Morgan fingerprint density at radius 1 is 0.909 bits per heavy atom. The first kappa shape index (κ1) is 23.1. The maximum Gasteiger partial charge on any atom is 0.298 e. The standard InChI is InChI=1S/C26H28N2O4S/c1-33(31,32)23-10-7-22(8-11-23)19-25(30)28-18-15-26(20-28)13-16-27(17-14-26)24(29)12-9-21-5-3-2-4-6-21/h2-8,10-11H,13-20H2,1H3. The fourth-order valence-electron chi connectivity index (χ4n) is 4.61. The lowest BCUT2D eigenvalue weighted by molar-refractivity contribution is -0.131. The van der Waals surface area contributed by atoms with Gasteiger partial charge in [-0.2, -0.15) is 0 Å². The summed E-state index contributed by atoms with van der Waals surface area (Å²) >= 11 is 0. The number of nitrogens with zero attached hydrogens (tertiary/aromatic N) is 2. The van der Waals surface area contributed by atoms with Crippen LogP contribution in [0.1, 0.15) is 30.4 Å². The van der Waals surface area contributed by atoms with Crippen LogP contribution in [0.4, 0.5) is 0 Å². The minimum absolute atomic E-state index is 0.0613. The van der Waals surface area contributed by atoms with Crippen molar-refractivity contribution in [3.8, 4) is 11.8 Å². The molecule has 2 aliphatic rings. The van der Waals surface area contributed by atoms with Crippen molar-refractivity contribution >= 4 is 21.7 Å². The van der Waals surface area contributed by atoms with Gasteiger partial charge in [-0.1, -0.05) is 36.3 Å². The molecular formula is C26H28N2O4S. The van der Waals surface area contributed by atoms with Crippen LogP contribution in [0, 0.1) is 17.3 Å². The highest BCUT2D eigenvalue weighted by molar-refractivity contribution is 7.90. The van der Waals surface area contributed by atoms with Crippen molar-refractivity contribution in [1.82, 2.24) is 9.80 Å². The minimum atomic E-state index is -3.24. The summed E-state index contributed by atoms with van der Waals surface area (Å²) in [5.74, 6) is 5.60. The topological polar surface area (TPSA) is 74.8 Å². The number of sulfone groups is 1. The molecule has 2 aromatic rings. The van der Waals surface area contributed by atoms with Gasteiger partial charge in [-0.3, -0.25) is 9.59 Å². The molecule has 0 saturated carbocycles. The number of carbonyl (C=O) groups is 2. The molecule has 2 saturated heterocycles. The Balaban J connectivity index is 1.29. The van der Waals surface area contributed by atoms with Crippen LogP contribution >= 0.6 is 0 Å². The monoisotopic (exact) mass is 464 g/mol. The fourth-order valence-corrected chi connectivity index (χ4v) is 5.24. The first-order chi connectivity index (χ1) is 15.7. The summed E-state index contributed by atoms with van der Waals surface area (Å²) in [5.41, 5.74) is 1.71. The molecule has 4 rings (SSSR count). The van der Waals surface area contributed by atoms with E-state index in [-0.39, 0.29) is 28.5 Å². The summed E-state index contributed by atoms with van der Waals surface area (Å²) in [6.07, 6.45) is 4.13. The van der Waals surface area contributed by atoms with E-state index in [1.807, 2.05) is 40.1 Å². The molecule has 0 atom stereocenters. The smallest absolute Gasteiger partial charge is 0.298 e. The lowest BCUT2D eigenvalue weighted by Gasteiger charge is -2.38. The van der Waals surface area contributed by atoms with Crippen molar-refractivity contribution in [1.29, 1.82) is 0 Å². The third kappa shape index (κ3) is 5.63. The molecule has 0 bridgehead atoms. The third-order valence-electron chi connectivity index (χ3n) is 6.70. The summed E-state index contributed by atoms with van der Waals surface area (Å²) in [7, 11) is -3.24. The maximum absolute atomic E-state index is 12.8. The molecule has 0 aromatic heterocycles. The zero-order valence-electron chi connectivity index (χ0n) is 18.8. The van der Waals surface area contributed by atoms with Gasteiger partial charge in [-0.15, -0.1) is 0 Å². The van der Waals surface area contributed by atoms with E-state index < -0.39 is 9.84 Å². The first-order valence-electron chi connectivity index (χ1n) is 11.2. The van der Waals surface area contributed by atoms with E-state index in [0.717, 1.165) is 36.9 Å². The highest BCUT2D eigenvalue weighted by atomic mass is 32.2. The number of rotatable bonds is 3. The second-order valence-electron chi connectivity index (χ2n) is 9.07. The summed E-state index contributed by atoms with van der Waals surface area (Å²) in [6, 6.07) is 16.0. The number of carbonyl (C=O) groups excluding carboxylic acids is 2. The van der Waals surface area contributed by atoms with Gasteiger partial charge in [-0.05, 0) is 54.5 Å². The van der Waals surface area contributed by atoms with Gasteiger partial charge in [-0.25, -0.2) is 8.42 Å². The van der Waals surface area contributed by atoms with E-state index >= 15 is 0 Å².